The second-order valence-corrected chi connectivity index (χ2v) is 4.48. The molecule has 0 aromatic carbocycles. The molecule has 1 aromatic heterocycles. The molecule has 3 nitrogen and oxygen atoms in total. The van der Waals surface area contributed by atoms with Gasteiger partial charge in [0.25, 0.3) is 0 Å². The summed E-state index contributed by atoms with van der Waals surface area (Å²) in [6, 6.07) is 3.77. The lowest BCUT2D eigenvalue weighted by Gasteiger charge is -2.22. The molecule has 80 valence electrons. The summed E-state index contributed by atoms with van der Waals surface area (Å²) in [4.78, 5) is 0. The molecular formula is C10H17NO2S. The molecule has 0 spiro atoms. The van der Waals surface area contributed by atoms with Gasteiger partial charge in [0.1, 0.15) is 5.76 Å². The Kier molecular flexibility index (Phi) is 4.51. The quantitative estimate of drug-likeness (QED) is 0.754. The summed E-state index contributed by atoms with van der Waals surface area (Å²) in [7, 11) is 0. The van der Waals surface area contributed by atoms with Crippen LogP contribution < -0.4 is 5.32 Å². The number of hydrogen-bond donors (Lipinski definition) is 2. The van der Waals surface area contributed by atoms with E-state index >= 15 is 0 Å². The van der Waals surface area contributed by atoms with Crippen molar-refractivity contribution >= 4 is 11.8 Å². The monoisotopic (exact) mass is 215 g/mol. The van der Waals surface area contributed by atoms with E-state index in [0.29, 0.717) is 13.1 Å². The van der Waals surface area contributed by atoms with Crippen LogP contribution in [0.15, 0.2) is 22.8 Å². The summed E-state index contributed by atoms with van der Waals surface area (Å²) in [5.74, 6) is 1.63. The van der Waals surface area contributed by atoms with Crippen molar-refractivity contribution in [1.29, 1.82) is 0 Å². The van der Waals surface area contributed by atoms with E-state index in [2.05, 4.69) is 5.32 Å². The van der Waals surface area contributed by atoms with Gasteiger partial charge in [-0.25, -0.2) is 0 Å². The molecule has 0 saturated heterocycles. The van der Waals surface area contributed by atoms with Gasteiger partial charge in [-0.05, 0) is 25.3 Å². The van der Waals surface area contributed by atoms with E-state index in [1.54, 1.807) is 18.0 Å². The first-order valence-corrected chi connectivity index (χ1v) is 5.98. The van der Waals surface area contributed by atoms with Crippen molar-refractivity contribution in [3.63, 3.8) is 0 Å². The lowest BCUT2D eigenvalue weighted by atomic mass is 10.1. The van der Waals surface area contributed by atoms with Crippen LogP contribution in [0.1, 0.15) is 12.7 Å². The van der Waals surface area contributed by atoms with Crippen molar-refractivity contribution in [1.82, 2.24) is 5.32 Å². The van der Waals surface area contributed by atoms with E-state index < -0.39 is 5.60 Å². The molecule has 1 rings (SSSR count). The fraction of sp³-hybridized carbons (Fsp3) is 0.600. The number of rotatable bonds is 6. The summed E-state index contributed by atoms with van der Waals surface area (Å²) in [5.41, 5.74) is -0.647. The topological polar surface area (TPSA) is 45.4 Å². The maximum absolute atomic E-state index is 9.83. The molecule has 14 heavy (non-hydrogen) atoms. The Morgan fingerprint density at radius 2 is 2.43 bits per heavy atom. The van der Waals surface area contributed by atoms with E-state index in [9.17, 15) is 5.11 Å². The highest BCUT2D eigenvalue weighted by atomic mass is 32.2. The summed E-state index contributed by atoms with van der Waals surface area (Å²) >= 11 is 1.64. The molecular weight excluding hydrogens is 198 g/mol. The summed E-state index contributed by atoms with van der Waals surface area (Å²) in [6.45, 7) is 3.07. The molecule has 0 radical (unpaired) electrons. The molecule has 2 N–H and O–H groups in total. The SMILES string of the molecule is CSCC(C)(O)CNCc1ccco1. The minimum absolute atomic E-state index is 0.578. The van der Waals surface area contributed by atoms with E-state index in [1.807, 2.05) is 25.3 Å². The standard InChI is InChI=1S/C10H17NO2S/c1-10(12,8-14-2)7-11-6-9-4-3-5-13-9/h3-5,11-12H,6-8H2,1-2H3. The molecule has 0 saturated carbocycles. The van der Waals surface area contributed by atoms with Gasteiger partial charge in [0.15, 0.2) is 0 Å². The van der Waals surface area contributed by atoms with Gasteiger partial charge < -0.3 is 14.8 Å². The van der Waals surface area contributed by atoms with Gasteiger partial charge in [-0.2, -0.15) is 11.8 Å². The van der Waals surface area contributed by atoms with Crippen molar-refractivity contribution in [2.45, 2.75) is 19.1 Å². The van der Waals surface area contributed by atoms with Crippen molar-refractivity contribution < 1.29 is 9.52 Å². The van der Waals surface area contributed by atoms with Crippen molar-refractivity contribution in [2.24, 2.45) is 0 Å². The van der Waals surface area contributed by atoms with Gasteiger partial charge in [0, 0.05) is 12.3 Å². The van der Waals surface area contributed by atoms with Gasteiger partial charge in [-0.15, -0.1) is 0 Å². The number of aliphatic hydroxyl groups is 1. The molecule has 1 aromatic rings. The van der Waals surface area contributed by atoms with E-state index in [-0.39, 0.29) is 0 Å². The normalized spacial score (nSPS) is 15.4. The van der Waals surface area contributed by atoms with Crippen LogP contribution in [0.2, 0.25) is 0 Å². The zero-order valence-corrected chi connectivity index (χ0v) is 9.43. The molecule has 1 unspecified atom stereocenters. The first kappa shape index (κ1) is 11.6. The smallest absolute Gasteiger partial charge is 0.117 e. The third-order valence-electron chi connectivity index (χ3n) is 1.84. The Labute approximate surface area is 88.9 Å². The minimum atomic E-state index is -0.647. The van der Waals surface area contributed by atoms with Crippen LogP contribution in [0.4, 0.5) is 0 Å². The zero-order valence-electron chi connectivity index (χ0n) is 8.62. The summed E-state index contributed by atoms with van der Waals surface area (Å²) < 4.78 is 5.16. The van der Waals surface area contributed by atoms with Crippen LogP contribution >= 0.6 is 11.8 Å². The zero-order chi connectivity index (χ0) is 10.4. The third kappa shape index (κ3) is 4.17. The highest BCUT2D eigenvalue weighted by molar-refractivity contribution is 7.98. The van der Waals surface area contributed by atoms with Gasteiger partial charge in [-0.3, -0.25) is 0 Å². The van der Waals surface area contributed by atoms with Gasteiger partial charge in [-0.1, -0.05) is 0 Å². The summed E-state index contributed by atoms with van der Waals surface area (Å²) in [5, 5.41) is 13.0. The van der Waals surface area contributed by atoms with Crippen molar-refractivity contribution in [3.05, 3.63) is 24.2 Å². The van der Waals surface area contributed by atoms with Crippen molar-refractivity contribution in [2.75, 3.05) is 18.6 Å². The first-order chi connectivity index (χ1) is 6.64. The maximum atomic E-state index is 9.83. The molecule has 1 atom stereocenters. The van der Waals surface area contributed by atoms with Crippen LogP contribution in [-0.4, -0.2) is 29.3 Å². The predicted octanol–water partition coefficient (Wildman–Crippen LogP) is 1.48. The predicted molar refractivity (Wildman–Crippen MR) is 59.4 cm³/mol. The summed E-state index contributed by atoms with van der Waals surface area (Å²) in [6.07, 6.45) is 3.64. The Morgan fingerprint density at radius 1 is 1.64 bits per heavy atom. The van der Waals surface area contributed by atoms with E-state index in [0.717, 1.165) is 11.5 Å². The van der Waals surface area contributed by atoms with Gasteiger partial charge >= 0.3 is 0 Å². The minimum Gasteiger partial charge on any atom is -0.468 e. The lowest BCUT2D eigenvalue weighted by molar-refractivity contribution is 0.0840. The molecule has 0 fully saturated rings. The molecule has 4 heteroatoms. The largest absolute Gasteiger partial charge is 0.468 e. The van der Waals surface area contributed by atoms with E-state index in [1.165, 1.54) is 0 Å². The van der Waals surface area contributed by atoms with E-state index in [4.69, 9.17) is 4.42 Å². The second-order valence-electron chi connectivity index (χ2n) is 3.61. The second kappa shape index (κ2) is 5.44. The molecule has 0 aliphatic carbocycles. The number of nitrogens with one attached hydrogen (secondary N) is 1. The highest BCUT2D eigenvalue weighted by Gasteiger charge is 2.18. The first-order valence-electron chi connectivity index (χ1n) is 4.58. The van der Waals surface area contributed by atoms with Crippen LogP contribution in [0, 0.1) is 0 Å². The fourth-order valence-electron chi connectivity index (χ4n) is 1.23. The van der Waals surface area contributed by atoms with Crippen LogP contribution in [-0.2, 0) is 6.54 Å². The average molecular weight is 215 g/mol. The van der Waals surface area contributed by atoms with Crippen LogP contribution in [0.25, 0.3) is 0 Å². The molecule has 0 aliphatic rings. The Balaban J connectivity index is 2.20. The Bertz CT molecular complexity index is 247. The fourth-order valence-corrected chi connectivity index (χ4v) is 1.95. The van der Waals surface area contributed by atoms with Crippen molar-refractivity contribution in [3.8, 4) is 0 Å². The number of hydrogen-bond acceptors (Lipinski definition) is 4. The maximum Gasteiger partial charge on any atom is 0.117 e. The number of thioether (sulfide) groups is 1. The molecule has 0 amide bonds. The Morgan fingerprint density at radius 3 is 3.00 bits per heavy atom. The third-order valence-corrected chi connectivity index (χ3v) is 2.75. The molecule has 0 bridgehead atoms. The van der Waals surface area contributed by atoms with Gasteiger partial charge in [0.2, 0.25) is 0 Å². The lowest BCUT2D eigenvalue weighted by Crippen LogP contribution is -2.39. The van der Waals surface area contributed by atoms with Crippen LogP contribution in [0.5, 0.6) is 0 Å². The molecule has 0 aliphatic heterocycles. The molecule has 1 heterocycles. The number of furan rings is 1. The Hall–Kier alpha value is -0.450. The average Bonchev–Trinajstić information content (AvgIpc) is 2.56. The van der Waals surface area contributed by atoms with Crippen LogP contribution in [0.3, 0.4) is 0 Å². The van der Waals surface area contributed by atoms with Gasteiger partial charge in [0.05, 0.1) is 18.4 Å². The highest BCUT2D eigenvalue weighted by Crippen LogP contribution is 2.09.